The fourth-order valence-electron chi connectivity index (χ4n) is 1.32. The first-order valence-corrected chi connectivity index (χ1v) is 7.75. The number of halogens is 3. The van der Waals surface area contributed by atoms with E-state index in [1.165, 1.54) is 0 Å². The highest BCUT2D eigenvalue weighted by atomic mass is 35.5. The van der Waals surface area contributed by atoms with E-state index in [0.717, 1.165) is 6.07 Å². The molecule has 1 aromatic carbocycles. The fraction of sp³-hybridized carbons (Fsp3) is 0.300. The van der Waals surface area contributed by atoms with Crippen LogP contribution < -0.4 is 10.5 Å². The van der Waals surface area contributed by atoms with E-state index in [9.17, 15) is 13.2 Å². The smallest absolute Gasteiger partial charge is 0.254 e. The third-order valence-electron chi connectivity index (χ3n) is 2.08. The standard InChI is InChI=1S/C10H11Cl3N2O3S/c1-4(2)15-10(16)7-8(12)5(11)3-6(9(7)13)19(14,17)18/h3-4H,1-2H3,(H,15,16)(H2,14,17,18). The molecular weight excluding hydrogens is 335 g/mol. The van der Waals surface area contributed by atoms with E-state index < -0.39 is 20.8 Å². The molecule has 0 aliphatic rings. The lowest BCUT2D eigenvalue weighted by atomic mass is 10.2. The number of rotatable bonds is 3. The summed E-state index contributed by atoms with van der Waals surface area (Å²) in [5, 5.41) is 6.94. The van der Waals surface area contributed by atoms with E-state index in [2.05, 4.69) is 5.32 Å². The fourth-order valence-corrected chi connectivity index (χ4v) is 3.06. The van der Waals surface area contributed by atoms with Crippen molar-refractivity contribution in [2.45, 2.75) is 24.8 Å². The van der Waals surface area contributed by atoms with Gasteiger partial charge in [0.1, 0.15) is 4.90 Å². The predicted molar refractivity (Wildman–Crippen MR) is 75.4 cm³/mol. The van der Waals surface area contributed by atoms with Gasteiger partial charge in [0.2, 0.25) is 10.0 Å². The van der Waals surface area contributed by atoms with Crippen LogP contribution in [0.3, 0.4) is 0 Å². The molecule has 0 atom stereocenters. The van der Waals surface area contributed by atoms with E-state index >= 15 is 0 Å². The molecule has 0 aliphatic heterocycles. The zero-order valence-corrected chi connectivity index (χ0v) is 13.1. The summed E-state index contributed by atoms with van der Waals surface area (Å²) in [6.45, 7) is 3.45. The van der Waals surface area contributed by atoms with Crippen LogP contribution in [-0.4, -0.2) is 20.4 Å². The second-order valence-corrected chi connectivity index (χ2v) is 6.73. The maximum atomic E-state index is 12.0. The Balaban J connectivity index is 3.56. The summed E-state index contributed by atoms with van der Waals surface area (Å²) in [5.41, 5.74) is -0.214. The molecule has 106 valence electrons. The van der Waals surface area contributed by atoms with Crippen molar-refractivity contribution < 1.29 is 13.2 Å². The lowest BCUT2D eigenvalue weighted by Crippen LogP contribution is -2.31. The molecule has 5 nitrogen and oxygen atoms in total. The average molecular weight is 346 g/mol. The maximum absolute atomic E-state index is 12.0. The van der Waals surface area contributed by atoms with Gasteiger partial charge in [0.25, 0.3) is 5.91 Å². The molecule has 1 amide bonds. The highest BCUT2D eigenvalue weighted by molar-refractivity contribution is 7.89. The second kappa shape index (κ2) is 5.85. The lowest BCUT2D eigenvalue weighted by molar-refractivity contribution is 0.0943. The number of benzene rings is 1. The van der Waals surface area contributed by atoms with Gasteiger partial charge in [-0.15, -0.1) is 0 Å². The number of nitrogens with one attached hydrogen (secondary N) is 1. The summed E-state index contributed by atoms with van der Waals surface area (Å²) in [7, 11) is -4.11. The van der Waals surface area contributed by atoms with E-state index in [4.69, 9.17) is 39.9 Å². The van der Waals surface area contributed by atoms with Gasteiger partial charge in [-0.3, -0.25) is 4.79 Å². The number of nitrogens with two attached hydrogens (primary N) is 1. The number of carbonyl (C=O) groups excluding carboxylic acids is 1. The number of sulfonamides is 1. The Labute approximate surface area is 126 Å². The zero-order valence-electron chi connectivity index (χ0n) is 10.00. The van der Waals surface area contributed by atoms with Gasteiger partial charge in [-0.1, -0.05) is 34.8 Å². The predicted octanol–water partition coefficient (Wildman–Crippen LogP) is 2.43. The Hall–Kier alpha value is -0.530. The van der Waals surface area contributed by atoms with Crippen LogP contribution in [-0.2, 0) is 10.0 Å². The SMILES string of the molecule is CC(C)NC(=O)c1c(Cl)c(Cl)cc(S(N)(=O)=O)c1Cl. The van der Waals surface area contributed by atoms with Crippen LogP contribution in [0.2, 0.25) is 15.1 Å². The van der Waals surface area contributed by atoms with E-state index in [-0.39, 0.29) is 26.7 Å². The third kappa shape index (κ3) is 3.73. The van der Waals surface area contributed by atoms with Gasteiger partial charge in [0, 0.05) is 6.04 Å². The summed E-state index contributed by atoms with van der Waals surface area (Å²) < 4.78 is 22.7. The molecule has 0 fully saturated rings. The van der Waals surface area contributed by atoms with Crippen LogP contribution in [0.15, 0.2) is 11.0 Å². The number of amides is 1. The number of hydrogen-bond donors (Lipinski definition) is 2. The van der Waals surface area contributed by atoms with Crippen molar-refractivity contribution in [3.05, 3.63) is 26.7 Å². The first-order chi connectivity index (χ1) is 8.55. The largest absolute Gasteiger partial charge is 0.350 e. The van der Waals surface area contributed by atoms with Crippen molar-refractivity contribution in [1.82, 2.24) is 5.32 Å². The molecular formula is C10H11Cl3N2O3S. The van der Waals surface area contributed by atoms with Crippen LogP contribution in [0.4, 0.5) is 0 Å². The Morgan fingerprint density at radius 2 is 1.79 bits per heavy atom. The molecule has 0 radical (unpaired) electrons. The van der Waals surface area contributed by atoms with Crippen LogP contribution in [0.25, 0.3) is 0 Å². The van der Waals surface area contributed by atoms with Crippen LogP contribution in [0, 0.1) is 0 Å². The molecule has 0 bridgehead atoms. The van der Waals surface area contributed by atoms with Gasteiger partial charge in [-0.05, 0) is 19.9 Å². The van der Waals surface area contributed by atoms with Gasteiger partial charge in [-0.25, -0.2) is 13.6 Å². The molecule has 1 aromatic rings. The first kappa shape index (κ1) is 16.5. The van der Waals surface area contributed by atoms with Crippen LogP contribution >= 0.6 is 34.8 Å². The third-order valence-corrected chi connectivity index (χ3v) is 4.30. The molecule has 0 saturated carbocycles. The normalized spacial score (nSPS) is 11.7. The topological polar surface area (TPSA) is 89.3 Å². The summed E-state index contributed by atoms with van der Waals surface area (Å²) >= 11 is 17.6. The van der Waals surface area contributed by atoms with Crippen molar-refractivity contribution in [2.24, 2.45) is 5.14 Å². The number of carbonyl (C=O) groups is 1. The van der Waals surface area contributed by atoms with Crippen molar-refractivity contribution in [1.29, 1.82) is 0 Å². The van der Waals surface area contributed by atoms with Crippen molar-refractivity contribution in [3.63, 3.8) is 0 Å². The summed E-state index contributed by atoms with van der Waals surface area (Å²) in [5.74, 6) is -0.627. The van der Waals surface area contributed by atoms with E-state index in [1.54, 1.807) is 13.8 Å². The van der Waals surface area contributed by atoms with Crippen LogP contribution in [0.5, 0.6) is 0 Å². The monoisotopic (exact) mass is 344 g/mol. The Morgan fingerprint density at radius 1 is 1.26 bits per heavy atom. The summed E-state index contributed by atoms with van der Waals surface area (Å²) in [6, 6.07) is 0.824. The molecule has 1 rings (SSSR count). The molecule has 0 heterocycles. The Kier molecular flexibility index (Phi) is 5.08. The first-order valence-electron chi connectivity index (χ1n) is 5.06. The molecule has 0 aromatic heterocycles. The minimum Gasteiger partial charge on any atom is -0.350 e. The van der Waals surface area contributed by atoms with Gasteiger partial charge < -0.3 is 5.32 Å². The molecule has 0 aliphatic carbocycles. The van der Waals surface area contributed by atoms with Crippen LogP contribution in [0.1, 0.15) is 24.2 Å². The quantitative estimate of drug-likeness (QED) is 0.824. The van der Waals surface area contributed by atoms with Crippen molar-refractivity contribution in [3.8, 4) is 0 Å². The van der Waals surface area contributed by atoms with Gasteiger partial charge in [0.05, 0.1) is 20.6 Å². The zero-order chi connectivity index (χ0) is 15.0. The minimum atomic E-state index is -4.11. The van der Waals surface area contributed by atoms with Crippen molar-refractivity contribution in [2.75, 3.05) is 0 Å². The summed E-state index contributed by atoms with van der Waals surface area (Å²) in [6.07, 6.45) is 0. The molecule has 9 heteroatoms. The highest BCUT2D eigenvalue weighted by Gasteiger charge is 2.25. The van der Waals surface area contributed by atoms with Gasteiger partial charge in [-0.2, -0.15) is 0 Å². The van der Waals surface area contributed by atoms with E-state index in [1.807, 2.05) is 0 Å². The Morgan fingerprint density at radius 3 is 2.21 bits per heavy atom. The Bertz CT molecular complexity index is 629. The highest BCUT2D eigenvalue weighted by Crippen LogP contribution is 2.36. The average Bonchev–Trinajstić information content (AvgIpc) is 2.20. The summed E-state index contributed by atoms with van der Waals surface area (Å²) in [4.78, 5) is 11.5. The van der Waals surface area contributed by atoms with E-state index in [0.29, 0.717) is 0 Å². The lowest BCUT2D eigenvalue weighted by Gasteiger charge is -2.14. The minimum absolute atomic E-state index is 0.121. The number of hydrogen-bond acceptors (Lipinski definition) is 3. The molecule has 0 saturated heterocycles. The second-order valence-electron chi connectivity index (χ2n) is 4.03. The molecule has 19 heavy (non-hydrogen) atoms. The molecule has 0 unspecified atom stereocenters. The number of primary sulfonamides is 1. The van der Waals surface area contributed by atoms with Gasteiger partial charge >= 0.3 is 0 Å². The maximum Gasteiger partial charge on any atom is 0.254 e. The molecule has 0 spiro atoms. The van der Waals surface area contributed by atoms with Gasteiger partial charge in [0.15, 0.2) is 0 Å². The van der Waals surface area contributed by atoms with Crippen molar-refractivity contribution >= 4 is 50.7 Å². The molecule has 3 N–H and O–H groups in total.